The number of rotatable bonds is 2. The molecule has 0 bridgehead atoms. The van der Waals surface area contributed by atoms with E-state index in [1.165, 1.54) is 10.1 Å². The third-order valence-corrected chi connectivity index (χ3v) is 5.48. The van der Waals surface area contributed by atoms with Crippen LogP contribution in [0.1, 0.15) is 0 Å². The molecule has 0 atom stereocenters. The van der Waals surface area contributed by atoms with E-state index in [0.29, 0.717) is 0 Å². The molecule has 0 aliphatic carbocycles. The zero-order valence-corrected chi connectivity index (χ0v) is 14.6. The van der Waals surface area contributed by atoms with E-state index >= 15 is 0 Å². The van der Waals surface area contributed by atoms with Crippen molar-refractivity contribution in [1.29, 1.82) is 0 Å². The van der Waals surface area contributed by atoms with Crippen molar-refractivity contribution >= 4 is 44.5 Å². The maximum atomic E-state index is 4.68. The summed E-state index contributed by atoms with van der Waals surface area (Å²) in [6.45, 7) is 3.60. The highest BCUT2D eigenvalue weighted by Crippen LogP contribution is 2.30. The van der Waals surface area contributed by atoms with Gasteiger partial charge in [-0.05, 0) is 23.7 Å². The van der Waals surface area contributed by atoms with Gasteiger partial charge in [0.1, 0.15) is 11.3 Å². The van der Waals surface area contributed by atoms with Gasteiger partial charge in [0, 0.05) is 38.6 Å². The fourth-order valence-corrected chi connectivity index (χ4v) is 4.08. The van der Waals surface area contributed by atoms with E-state index in [0.717, 1.165) is 49.1 Å². The van der Waals surface area contributed by atoms with Crippen molar-refractivity contribution in [3.63, 3.8) is 0 Å². The van der Waals surface area contributed by atoms with E-state index in [-0.39, 0.29) is 0 Å². The first-order chi connectivity index (χ1) is 12.3. The average molecular weight is 351 g/mol. The topological polar surface area (TPSA) is 63.0 Å². The quantitative estimate of drug-likeness (QED) is 0.552. The molecule has 1 aliphatic rings. The SMILES string of the molecule is Cn1cnc2cnc(N3CCN(c4nsc5ccccc45)CC3)nc21. The molecule has 0 N–H and O–H groups in total. The summed E-state index contributed by atoms with van der Waals surface area (Å²) in [6, 6.07) is 8.42. The number of anilines is 2. The summed E-state index contributed by atoms with van der Waals surface area (Å²) >= 11 is 1.57. The van der Waals surface area contributed by atoms with Crippen LogP contribution < -0.4 is 9.80 Å². The smallest absolute Gasteiger partial charge is 0.227 e. The minimum Gasteiger partial charge on any atom is -0.352 e. The van der Waals surface area contributed by atoms with Gasteiger partial charge in [-0.2, -0.15) is 9.36 Å². The fraction of sp³-hybridized carbons (Fsp3) is 0.294. The summed E-state index contributed by atoms with van der Waals surface area (Å²) in [5.74, 6) is 1.88. The summed E-state index contributed by atoms with van der Waals surface area (Å²) in [4.78, 5) is 18.0. The third kappa shape index (κ3) is 2.41. The van der Waals surface area contributed by atoms with E-state index in [9.17, 15) is 0 Å². The Labute approximate surface area is 148 Å². The molecule has 0 spiro atoms. The number of hydrogen-bond acceptors (Lipinski definition) is 7. The van der Waals surface area contributed by atoms with E-state index in [4.69, 9.17) is 0 Å². The lowest BCUT2D eigenvalue weighted by Crippen LogP contribution is -2.47. The second-order valence-electron chi connectivity index (χ2n) is 6.21. The molecule has 126 valence electrons. The Hall–Kier alpha value is -2.74. The Kier molecular flexibility index (Phi) is 3.30. The van der Waals surface area contributed by atoms with Crippen molar-refractivity contribution in [2.75, 3.05) is 36.0 Å². The van der Waals surface area contributed by atoms with E-state index in [2.05, 4.69) is 53.4 Å². The number of hydrogen-bond donors (Lipinski definition) is 0. The van der Waals surface area contributed by atoms with Crippen molar-refractivity contribution in [3.05, 3.63) is 36.8 Å². The lowest BCUT2D eigenvalue weighted by molar-refractivity contribution is 0.638. The van der Waals surface area contributed by atoms with Crippen LogP contribution >= 0.6 is 11.5 Å². The predicted molar refractivity (Wildman–Crippen MR) is 100 cm³/mol. The normalized spacial score (nSPS) is 15.4. The molecule has 0 saturated carbocycles. The van der Waals surface area contributed by atoms with Gasteiger partial charge in [-0.25, -0.2) is 9.97 Å². The second-order valence-corrected chi connectivity index (χ2v) is 7.02. The summed E-state index contributed by atoms with van der Waals surface area (Å²) in [6.07, 6.45) is 3.58. The first-order valence-corrected chi connectivity index (χ1v) is 9.05. The van der Waals surface area contributed by atoms with Crippen molar-refractivity contribution in [3.8, 4) is 0 Å². The Morgan fingerprint density at radius 2 is 1.80 bits per heavy atom. The molecule has 7 nitrogen and oxygen atoms in total. The number of nitrogens with zero attached hydrogens (tertiary/aromatic N) is 7. The molecule has 25 heavy (non-hydrogen) atoms. The Morgan fingerprint density at radius 1 is 1.00 bits per heavy atom. The maximum Gasteiger partial charge on any atom is 0.227 e. The highest BCUT2D eigenvalue weighted by Gasteiger charge is 2.22. The Balaban J connectivity index is 1.37. The minimum absolute atomic E-state index is 0.777. The van der Waals surface area contributed by atoms with E-state index in [1.807, 2.05) is 11.6 Å². The van der Waals surface area contributed by atoms with Crippen LogP contribution in [-0.4, -0.2) is 50.1 Å². The monoisotopic (exact) mass is 351 g/mol. The van der Waals surface area contributed by atoms with Gasteiger partial charge < -0.3 is 14.4 Å². The van der Waals surface area contributed by atoms with Crippen LogP contribution in [0.2, 0.25) is 0 Å². The largest absolute Gasteiger partial charge is 0.352 e. The molecule has 1 aliphatic heterocycles. The number of aromatic nitrogens is 5. The Morgan fingerprint density at radius 3 is 2.68 bits per heavy atom. The zero-order chi connectivity index (χ0) is 16.8. The molecule has 4 aromatic rings. The molecular weight excluding hydrogens is 334 g/mol. The van der Waals surface area contributed by atoms with Crippen molar-refractivity contribution < 1.29 is 0 Å². The number of imidazole rings is 1. The van der Waals surface area contributed by atoms with Crippen LogP contribution in [0, 0.1) is 0 Å². The minimum atomic E-state index is 0.777. The van der Waals surface area contributed by atoms with Gasteiger partial charge in [0.25, 0.3) is 0 Å². The maximum absolute atomic E-state index is 4.68. The van der Waals surface area contributed by atoms with Gasteiger partial charge in [-0.3, -0.25) is 0 Å². The van der Waals surface area contributed by atoms with Crippen LogP contribution in [0.25, 0.3) is 21.3 Å². The molecule has 1 fully saturated rings. The standard InChI is InChI=1S/C17H17N7S/c1-22-11-19-13-10-18-17(20-16(13)22)24-8-6-23(7-9-24)15-12-4-2-3-5-14(12)25-21-15/h2-5,10-11H,6-9H2,1H3. The molecule has 0 unspecified atom stereocenters. The highest BCUT2D eigenvalue weighted by molar-refractivity contribution is 7.13. The van der Waals surface area contributed by atoms with Crippen molar-refractivity contribution in [2.24, 2.45) is 7.05 Å². The van der Waals surface area contributed by atoms with Gasteiger partial charge in [-0.15, -0.1) is 0 Å². The predicted octanol–water partition coefficient (Wildman–Crippen LogP) is 2.30. The number of aryl methyl sites for hydroxylation is 1. The van der Waals surface area contributed by atoms with Crippen molar-refractivity contribution in [2.45, 2.75) is 0 Å². The fourth-order valence-electron chi connectivity index (χ4n) is 3.28. The summed E-state index contributed by atoms with van der Waals surface area (Å²) in [5, 5.41) is 1.24. The van der Waals surface area contributed by atoms with Gasteiger partial charge >= 0.3 is 0 Å². The van der Waals surface area contributed by atoms with Crippen LogP contribution in [0.4, 0.5) is 11.8 Å². The average Bonchev–Trinajstić information content (AvgIpc) is 3.26. The van der Waals surface area contributed by atoms with Crippen LogP contribution in [-0.2, 0) is 7.05 Å². The first kappa shape index (κ1) is 14.6. The molecule has 5 rings (SSSR count). The number of benzene rings is 1. The van der Waals surface area contributed by atoms with Crippen molar-refractivity contribution in [1.82, 2.24) is 23.9 Å². The number of piperazine rings is 1. The van der Waals surface area contributed by atoms with Crippen LogP contribution in [0.3, 0.4) is 0 Å². The van der Waals surface area contributed by atoms with E-state index < -0.39 is 0 Å². The summed E-state index contributed by atoms with van der Waals surface area (Å²) in [5.41, 5.74) is 1.71. The van der Waals surface area contributed by atoms with Gasteiger partial charge in [0.15, 0.2) is 5.65 Å². The molecule has 1 saturated heterocycles. The molecule has 4 heterocycles. The first-order valence-electron chi connectivity index (χ1n) is 8.28. The summed E-state index contributed by atoms with van der Waals surface area (Å²) < 4.78 is 7.84. The third-order valence-electron chi connectivity index (χ3n) is 4.66. The molecule has 3 aromatic heterocycles. The number of fused-ring (bicyclic) bond motifs is 2. The van der Waals surface area contributed by atoms with Crippen LogP contribution in [0.15, 0.2) is 36.8 Å². The molecule has 1 aromatic carbocycles. The van der Waals surface area contributed by atoms with E-state index in [1.54, 1.807) is 24.1 Å². The van der Waals surface area contributed by atoms with Crippen LogP contribution in [0.5, 0.6) is 0 Å². The van der Waals surface area contributed by atoms with Gasteiger partial charge in [0.2, 0.25) is 5.95 Å². The Bertz CT molecular complexity index is 1050. The lowest BCUT2D eigenvalue weighted by Gasteiger charge is -2.35. The second kappa shape index (κ2) is 5.66. The summed E-state index contributed by atoms with van der Waals surface area (Å²) in [7, 11) is 1.96. The lowest BCUT2D eigenvalue weighted by atomic mass is 10.2. The molecule has 0 radical (unpaired) electrons. The molecular formula is C17H17N7S. The highest BCUT2D eigenvalue weighted by atomic mass is 32.1. The van der Waals surface area contributed by atoms with Gasteiger partial charge in [0.05, 0.1) is 17.2 Å². The molecule has 8 heteroatoms. The zero-order valence-electron chi connectivity index (χ0n) is 13.8. The van der Waals surface area contributed by atoms with Gasteiger partial charge in [-0.1, -0.05) is 12.1 Å². The molecule has 0 amide bonds.